The average molecular weight is 589 g/mol. The standard InChI is InChI=1S/C36H19F3O3S/c37-36(38,39)43(40,41)42-30-19-18-29-32-23(30)12-7-17-28(32)35-27-16-6-9-20-8-5-15-26(31(20)27)33(35)24-13-3-1-10-21(24)22-11-2-4-14-25(22)34(29,33)35/h1-19H. The largest absolute Gasteiger partial charge is 0.534 e. The van der Waals surface area contributed by atoms with Crippen molar-refractivity contribution in [3.05, 3.63) is 149 Å². The van der Waals surface area contributed by atoms with Crippen LogP contribution >= 0.6 is 0 Å². The van der Waals surface area contributed by atoms with Gasteiger partial charge >= 0.3 is 15.6 Å². The third-order valence-electron chi connectivity index (χ3n) is 10.6. The lowest BCUT2D eigenvalue weighted by Gasteiger charge is -2.36. The summed E-state index contributed by atoms with van der Waals surface area (Å²) < 4.78 is 69.4. The number of fused-ring (bicyclic) bond motifs is 3. The van der Waals surface area contributed by atoms with Crippen molar-refractivity contribution >= 4 is 31.7 Å². The van der Waals surface area contributed by atoms with Crippen molar-refractivity contribution in [2.45, 2.75) is 21.8 Å². The van der Waals surface area contributed by atoms with Crippen LogP contribution in [0.2, 0.25) is 0 Å². The molecule has 3 atom stereocenters. The normalized spacial score (nSPS) is 25.1. The SMILES string of the molecule is O=S(=O)(Oc1ccc2c3c(cccc13)C13c4cccc5cccc(c45)C14c1ccccc1-c1ccccc1C243)C(F)(F)F. The highest BCUT2D eigenvalue weighted by molar-refractivity contribution is 7.88. The molecule has 0 aromatic heterocycles. The fourth-order valence-corrected chi connectivity index (χ4v) is 10.2. The van der Waals surface area contributed by atoms with Gasteiger partial charge in [-0.25, -0.2) is 0 Å². The van der Waals surface area contributed by atoms with Crippen LogP contribution in [0.3, 0.4) is 0 Å². The summed E-state index contributed by atoms with van der Waals surface area (Å²) in [6.45, 7) is 0. The number of rotatable bonds is 2. The number of hydrogen-bond acceptors (Lipinski definition) is 3. The highest BCUT2D eigenvalue weighted by Crippen LogP contribution is 2.94. The van der Waals surface area contributed by atoms with Gasteiger partial charge in [-0.3, -0.25) is 0 Å². The van der Waals surface area contributed by atoms with Crippen LogP contribution in [0.1, 0.15) is 33.4 Å². The Balaban J connectivity index is 1.41. The molecule has 0 saturated heterocycles. The Labute approximate surface area is 244 Å². The molecule has 0 bridgehead atoms. The molecule has 1 fully saturated rings. The van der Waals surface area contributed by atoms with Crippen LogP contribution in [-0.2, 0) is 26.4 Å². The van der Waals surface area contributed by atoms with Gasteiger partial charge in [-0.1, -0.05) is 109 Å². The Morgan fingerprint density at radius 3 is 1.56 bits per heavy atom. The minimum atomic E-state index is -5.86. The van der Waals surface area contributed by atoms with E-state index >= 15 is 0 Å². The molecule has 0 heterocycles. The topological polar surface area (TPSA) is 43.4 Å². The summed E-state index contributed by atoms with van der Waals surface area (Å²) in [4.78, 5) is 0. The number of hydrogen-bond donors (Lipinski definition) is 0. The summed E-state index contributed by atoms with van der Waals surface area (Å²) in [5.74, 6) is -0.323. The number of halogens is 3. The minimum absolute atomic E-state index is 0.323. The van der Waals surface area contributed by atoms with Gasteiger partial charge in [0.2, 0.25) is 0 Å². The third-order valence-corrected chi connectivity index (χ3v) is 11.5. The summed E-state index contributed by atoms with van der Waals surface area (Å²) in [6, 6.07) is 38.6. The summed E-state index contributed by atoms with van der Waals surface area (Å²) in [5.41, 5.74) is 1.81. The van der Waals surface area contributed by atoms with Gasteiger partial charge in [-0.05, 0) is 66.7 Å². The predicted octanol–water partition coefficient (Wildman–Crippen LogP) is 8.10. The molecule has 6 aromatic rings. The third kappa shape index (κ3) is 2.15. The van der Waals surface area contributed by atoms with Gasteiger partial charge in [0.25, 0.3) is 0 Å². The van der Waals surface area contributed by atoms with Crippen LogP contribution in [-0.4, -0.2) is 13.9 Å². The minimum Gasteiger partial charge on any atom is -0.375 e. The lowest BCUT2D eigenvalue weighted by atomic mass is 9.65. The molecule has 43 heavy (non-hydrogen) atoms. The predicted molar refractivity (Wildman–Crippen MR) is 158 cm³/mol. The van der Waals surface area contributed by atoms with Crippen LogP contribution in [0.5, 0.6) is 5.75 Å². The molecule has 0 N–H and O–H groups in total. The Hall–Kier alpha value is -4.62. The lowest BCUT2D eigenvalue weighted by Crippen LogP contribution is -2.30. The average Bonchev–Trinajstić information content (AvgIpc) is 3.36. The van der Waals surface area contributed by atoms with Gasteiger partial charge in [0.15, 0.2) is 5.75 Å². The fourth-order valence-electron chi connectivity index (χ4n) is 9.72. The van der Waals surface area contributed by atoms with Crippen LogP contribution in [0.4, 0.5) is 13.2 Å². The van der Waals surface area contributed by atoms with Gasteiger partial charge in [0, 0.05) is 5.39 Å². The molecule has 0 radical (unpaired) electrons. The second kappa shape index (κ2) is 6.95. The zero-order valence-corrected chi connectivity index (χ0v) is 23.1. The van der Waals surface area contributed by atoms with Crippen molar-refractivity contribution in [3.8, 4) is 16.9 Å². The highest BCUT2D eigenvalue weighted by Gasteiger charge is 2.95. The van der Waals surface area contributed by atoms with E-state index in [1.807, 2.05) is 6.07 Å². The Morgan fingerprint density at radius 1 is 0.512 bits per heavy atom. The molecule has 0 amide bonds. The van der Waals surface area contributed by atoms with E-state index in [0.29, 0.717) is 5.39 Å². The molecule has 3 spiro atoms. The molecule has 3 unspecified atom stereocenters. The van der Waals surface area contributed by atoms with E-state index in [9.17, 15) is 21.6 Å². The molecular formula is C36H19F3O3S. The van der Waals surface area contributed by atoms with E-state index in [2.05, 4.69) is 84.9 Å². The molecule has 208 valence electrons. The molecule has 4 aliphatic carbocycles. The molecule has 3 nitrogen and oxygen atoms in total. The van der Waals surface area contributed by atoms with Gasteiger partial charge in [-0.15, -0.1) is 0 Å². The van der Waals surface area contributed by atoms with Crippen molar-refractivity contribution in [2.75, 3.05) is 0 Å². The first kappa shape index (κ1) is 23.9. The molecule has 7 heteroatoms. The quantitative estimate of drug-likeness (QED) is 0.152. The summed E-state index contributed by atoms with van der Waals surface area (Å²) in [6.07, 6.45) is 0. The van der Waals surface area contributed by atoms with Gasteiger partial charge < -0.3 is 4.18 Å². The van der Waals surface area contributed by atoms with Crippen molar-refractivity contribution in [2.24, 2.45) is 0 Å². The van der Waals surface area contributed by atoms with Crippen molar-refractivity contribution < 1.29 is 25.8 Å². The smallest absolute Gasteiger partial charge is 0.375 e. The fraction of sp³-hybridized carbons (Fsp3) is 0.111. The van der Waals surface area contributed by atoms with E-state index in [1.165, 1.54) is 33.7 Å². The van der Waals surface area contributed by atoms with Crippen LogP contribution in [0.25, 0.3) is 32.7 Å². The van der Waals surface area contributed by atoms with Gasteiger partial charge in [0.05, 0.1) is 16.2 Å². The molecule has 4 aliphatic rings. The lowest BCUT2D eigenvalue weighted by molar-refractivity contribution is -0.0499. The van der Waals surface area contributed by atoms with E-state index < -0.39 is 31.9 Å². The second-order valence-electron chi connectivity index (χ2n) is 11.9. The van der Waals surface area contributed by atoms with Gasteiger partial charge in [-0.2, -0.15) is 21.6 Å². The Bertz CT molecular complexity index is 2410. The van der Waals surface area contributed by atoms with E-state index in [4.69, 9.17) is 4.18 Å². The highest BCUT2D eigenvalue weighted by atomic mass is 32.2. The summed E-state index contributed by atoms with van der Waals surface area (Å²) in [7, 11) is -5.86. The first-order chi connectivity index (χ1) is 20.7. The van der Waals surface area contributed by atoms with Crippen LogP contribution in [0.15, 0.2) is 115 Å². The number of alkyl halides is 3. The zero-order valence-electron chi connectivity index (χ0n) is 22.2. The first-order valence-electron chi connectivity index (χ1n) is 14.0. The maximum absolute atomic E-state index is 13.4. The van der Waals surface area contributed by atoms with Crippen molar-refractivity contribution in [3.63, 3.8) is 0 Å². The monoisotopic (exact) mass is 588 g/mol. The van der Waals surface area contributed by atoms with E-state index in [1.54, 1.807) is 18.2 Å². The molecule has 10 rings (SSSR count). The molecule has 6 aromatic carbocycles. The van der Waals surface area contributed by atoms with E-state index in [-0.39, 0.29) is 5.75 Å². The summed E-state index contributed by atoms with van der Waals surface area (Å²) >= 11 is 0. The van der Waals surface area contributed by atoms with E-state index in [0.717, 1.165) is 33.0 Å². The van der Waals surface area contributed by atoms with Gasteiger partial charge in [0.1, 0.15) is 0 Å². The molecule has 0 aliphatic heterocycles. The first-order valence-corrected chi connectivity index (χ1v) is 15.4. The Kier molecular flexibility index (Phi) is 3.86. The van der Waals surface area contributed by atoms with Crippen LogP contribution in [0, 0.1) is 0 Å². The molecule has 1 saturated carbocycles. The van der Waals surface area contributed by atoms with Crippen LogP contribution < -0.4 is 4.18 Å². The molecular weight excluding hydrogens is 569 g/mol. The Morgan fingerprint density at radius 2 is 0.977 bits per heavy atom. The van der Waals surface area contributed by atoms with Crippen molar-refractivity contribution in [1.82, 2.24) is 0 Å². The maximum Gasteiger partial charge on any atom is 0.534 e. The number of benzene rings is 6. The van der Waals surface area contributed by atoms with Crippen molar-refractivity contribution in [1.29, 1.82) is 0 Å². The second-order valence-corrected chi connectivity index (χ2v) is 13.4. The summed E-state index contributed by atoms with van der Waals surface area (Å²) in [5, 5.41) is 3.45. The maximum atomic E-state index is 13.4. The zero-order chi connectivity index (χ0) is 29.1.